The Morgan fingerprint density at radius 3 is 1.40 bits per heavy atom. The average molecular weight is 926 g/mol. The molecule has 0 heterocycles. The minimum Gasteiger partial charge on any atom is -0.310 e. The van der Waals surface area contributed by atoms with Crippen LogP contribution >= 0.6 is 0 Å². The number of para-hydroxylation sites is 1. The normalized spacial score (nSPS) is 11.6. The van der Waals surface area contributed by atoms with Crippen molar-refractivity contribution in [3.05, 3.63) is 285 Å². The highest BCUT2D eigenvalue weighted by atomic mass is 15.1. The Labute approximate surface area is 425 Å². The minimum atomic E-state index is 1.09. The van der Waals surface area contributed by atoms with Crippen LogP contribution < -0.4 is 4.90 Å². The Balaban J connectivity index is 1.08. The van der Waals surface area contributed by atoms with E-state index >= 15 is 0 Å². The smallest absolute Gasteiger partial charge is 0.0468 e. The molecule has 0 fully saturated rings. The van der Waals surface area contributed by atoms with Crippen molar-refractivity contribution in [3.8, 4) is 55.6 Å². The summed E-state index contributed by atoms with van der Waals surface area (Å²) in [5, 5.41) is 14.9. The van der Waals surface area contributed by atoms with Crippen LogP contribution in [0.4, 0.5) is 17.1 Å². The second-order valence-electron chi connectivity index (χ2n) is 19.2. The second kappa shape index (κ2) is 17.7. The lowest BCUT2D eigenvalue weighted by atomic mass is 9.80. The highest BCUT2D eigenvalue weighted by Gasteiger charge is 2.23. The van der Waals surface area contributed by atoms with Gasteiger partial charge < -0.3 is 4.90 Å². The molecule has 14 aromatic carbocycles. The van der Waals surface area contributed by atoms with Crippen LogP contribution in [0.1, 0.15) is 0 Å². The zero-order valence-electron chi connectivity index (χ0n) is 40.1. The third-order valence-corrected chi connectivity index (χ3v) is 15.0. The fraction of sp³-hybridized carbons (Fsp3) is 0. The van der Waals surface area contributed by atoms with Crippen LogP contribution in [-0.4, -0.2) is 0 Å². The molecule has 73 heavy (non-hydrogen) atoms. The van der Waals surface area contributed by atoms with Crippen molar-refractivity contribution < 1.29 is 0 Å². The van der Waals surface area contributed by atoms with Gasteiger partial charge in [-0.25, -0.2) is 0 Å². The summed E-state index contributed by atoms with van der Waals surface area (Å²) in [6, 6.07) is 105. The van der Waals surface area contributed by atoms with Crippen molar-refractivity contribution in [3.63, 3.8) is 0 Å². The van der Waals surface area contributed by atoms with Gasteiger partial charge in [0.05, 0.1) is 0 Å². The van der Waals surface area contributed by atoms with Gasteiger partial charge in [0, 0.05) is 17.1 Å². The van der Waals surface area contributed by atoms with Gasteiger partial charge in [0.15, 0.2) is 0 Å². The van der Waals surface area contributed by atoms with Gasteiger partial charge in [0.25, 0.3) is 0 Å². The highest BCUT2D eigenvalue weighted by Crippen LogP contribution is 2.51. The number of hydrogen-bond donors (Lipinski definition) is 0. The summed E-state index contributed by atoms with van der Waals surface area (Å²) >= 11 is 0. The van der Waals surface area contributed by atoms with Gasteiger partial charge in [-0.1, -0.05) is 224 Å². The molecular weight excluding hydrogens is 879 g/mol. The lowest BCUT2D eigenvalue weighted by molar-refractivity contribution is 1.29. The summed E-state index contributed by atoms with van der Waals surface area (Å²) in [7, 11) is 0. The van der Waals surface area contributed by atoms with Crippen molar-refractivity contribution >= 4 is 81.7 Å². The maximum absolute atomic E-state index is 2.48. The Hall–Kier alpha value is -9.56. The number of anilines is 3. The lowest BCUT2D eigenvalue weighted by Crippen LogP contribution is -2.09. The van der Waals surface area contributed by atoms with Crippen LogP contribution in [0.2, 0.25) is 0 Å². The molecule has 14 aromatic rings. The van der Waals surface area contributed by atoms with Crippen LogP contribution in [0.15, 0.2) is 285 Å². The molecule has 0 amide bonds. The van der Waals surface area contributed by atoms with E-state index in [1.807, 2.05) is 0 Å². The predicted molar refractivity (Wildman–Crippen MR) is 313 cm³/mol. The van der Waals surface area contributed by atoms with Gasteiger partial charge in [-0.2, -0.15) is 0 Å². The summed E-state index contributed by atoms with van der Waals surface area (Å²) in [6.45, 7) is 0. The number of nitrogens with zero attached hydrogens (tertiary/aromatic N) is 1. The maximum Gasteiger partial charge on any atom is 0.0468 e. The molecule has 0 aliphatic carbocycles. The van der Waals surface area contributed by atoms with E-state index in [2.05, 4.69) is 290 Å². The number of hydrogen-bond acceptors (Lipinski definition) is 1. The molecule has 0 radical (unpaired) electrons. The second-order valence-corrected chi connectivity index (χ2v) is 19.2. The van der Waals surface area contributed by atoms with E-state index in [4.69, 9.17) is 0 Å². The fourth-order valence-corrected chi connectivity index (χ4v) is 11.6. The molecule has 0 saturated carbocycles. The molecule has 0 N–H and O–H groups in total. The maximum atomic E-state index is 2.48. The van der Waals surface area contributed by atoms with Crippen molar-refractivity contribution in [2.45, 2.75) is 0 Å². The molecule has 340 valence electrons. The van der Waals surface area contributed by atoms with E-state index in [-0.39, 0.29) is 0 Å². The number of benzene rings is 14. The Morgan fingerprint density at radius 1 is 0.192 bits per heavy atom. The topological polar surface area (TPSA) is 3.24 Å². The Morgan fingerprint density at radius 2 is 0.685 bits per heavy atom. The van der Waals surface area contributed by atoms with Crippen molar-refractivity contribution in [1.29, 1.82) is 0 Å². The number of rotatable bonds is 8. The summed E-state index contributed by atoms with van der Waals surface area (Å²) in [5.74, 6) is 0. The molecule has 0 saturated heterocycles. The van der Waals surface area contributed by atoms with Crippen molar-refractivity contribution in [2.24, 2.45) is 0 Å². The Bertz CT molecular complexity index is 4390. The van der Waals surface area contributed by atoms with Gasteiger partial charge in [0.1, 0.15) is 0 Å². The van der Waals surface area contributed by atoms with E-state index in [1.165, 1.54) is 115 Å². The molecule has 0 aliphatic heterocycles. The molecule has 1 nitrogen and oxygen atoms in total. The van der Waals surface area contributed by atoms with Crippen LogP contribution in [0.5, 0.6) is 0 Å². The summed E-state index contributed by atoms with van der Waals surface area (Å²) < 4.78 is 0. The standard InChI is InChI=1S/C72H47N/c1-5-19-48(20-6-1)54-36-41-63-68(44-54)69-46-56(65-45-55-27-15-16-30-60(55)61-31-17-18-32-62(61)65)37-42-64(69)72-70(52-24-9-3-10-25-52)66(50-22-7-2-8-23-50)47-67(71(63)72)51-34-38-58(39-35-51)73(57-28-11-4-12-29-57)59-40-33-49-21-13-14-26-53(49)43-59/h1-47H. The van der Waals surface area contributed by atoms with Gasteiger partial charge >= 0.3 is 0 Å². The average Bonchev–Trinajstić information content (AvgIpc) is 3.48. The molecule has 1 heteroatoms. The quantitative estimate of drug-likeness (QED) is 0.137. The molecular formula is C72H47N. The first-order valence-corrected chi connectivity index (χ1v) is 25.2. The SMILES string of the molecule is c1ccc(-c2ccc3c(c2)c2cc(-c4cc5ccccc5c5ccccc45)ccc2c2c(-c4ccccc4)c(-c4ccccc4)cc(-c4ccc(N(c5ccccc5)c5ccc6ccccc6c5)cc4)c32)cc1. The van der Waals surface area contributed by atoms with E-state index < -0.39 is 0 Å². The molecule has 0 unspecified atom stereocenters. The summed E-state index contributed by atoms with van der Waals surface area (Å²) in [6.07, 6.45) is 0. The van der Waals surface area contributed by atoms with E-state index in [0.29, 0.717) is 0 Å². The first kappa shape index (κ1) is 42.3. The van der Waals surface area contributed by atoms with Crippen LogP contribution in [0.25, 0.3) is 120 Å². The van der Waals surface area contributed by atoms with Crippen molar-refractivity contribution in [2.75, 3.05) is 4.90 Å². The predicted octanol–water partition coefficient (Wildman–Crippen LogP) is 20.4. The van der Waals surface area contributed by atoms with Crippen LogP contribution in [0, 0.1) is 0 Å². The lowest BCUT2D eigenvalue weighted by Gasteiger charge is -2.26. The fourth-order valence-electron chi connectivity index (χ4n) is 11.6. The van der Waals surface area contributed by atoms with E-state index in [1.54, 1.807) is 0 Å². The molecule has 0 bridgehead atoms. The van der Waals surface area contributed by atoms with Crippen molar-refractivity contribution in [1.82, 2.24) is 0 Å². The first-order valence-electron chi connectivity index (χ1n) is 25.2. The van der Waals surface area contributed by atoms with Crippen LogP contribution in [-0.2, 0) is 0 Å². The third-order valence-electron chi connectivity index (χ3n) is 15.0. The molecule has 14 rings (SSSR count). The minimum absolute atomic E-state index is 1.09. The van der Waals surface area contributed by atoms with Gasteiger partial charge in [-0.05, 0) is 181 Å². The van der Waals surface area contributed by atoms with E-state index in [0.717, 1.165) is 22.6 Å². The van der Waals surface area contributed by atoms with Crippen LogP contribution in [0.3, 0.4) is 0 Å². The largest absolute Gasteiger partial charge is 0.310 e. The first-order chi connectivity index (χ1) is 36.2. The van der Waals surface area contributed by atoms with E-state index in [9.17, 15) is 0 Å². The summed E-state index contributed by atoms with van der Waals surface area (Å²) in [4.78, 5) is 2.37. The highest BCUT2D eigenvalue weighted by molar-refractivity contribution is 6.34. The molecule has 0 atom stereocenters. The zero-order chi connectivity index (χ0) is 48.2. The van der Waals surface area contributed by atoms with Gasteiger partial charge in [-0.15, -0.1) is 0 Å². The Kier molecular flexibility index (Phi) is 10.3. The molecule has 0 aromatic heterocycles. The number of fused-ring (bicyclic) bond motifs is 10. The molecule has 0 aliphatic rings. The van der Waals surface area contributed by atoms with Gasteiger partial charge in [-0.3, -0.25) is 0 Å². The zero-order valence-corrected chi connectivity index (χ0v) is 40.1. The molecule has 0 spiro atoms. The van der Waals surface area contributed by atoms with Gasteiger partial charge in [0.2, 0.25) is 0 Å². The summed E-state index contributed by atoms with van der Waals surface area (Å²) in [5.41, 5.74) is 15.3. The monoisotopic (exact) mass is 925 g/mol. The third kappa shape index (κ3) is 7.33.